The average molecular weight is 266 g/mol. The highest BCUT2D eigenvalue weighted by Crippen LogP contribution is 2.38. The first-order chi connectivity index (χ1) is 9.02. The van der Waals surface area contributed by atoms with Crippen LogP contribution in [0.5, 0.6) is 0 Å². The molecule has 0 aromatic heterocycles. The van der Waals surface area contributed by atoms with E-state index in [0.29, 0.717) is 12.0 Å². The first kappa shape index (κ1) is 14.2. The molecule has 1 nitrogen and oxygen atoms in total. The maximum absolute atomic E-state index is 13.3. The molecular weight excluding hydrogens is 246 g/mol. The Labute approximate surface area is 113 Å². The van der Waals surface area contributed by atoms with Gasteiger partial charge in [0.2, 0.25) is 5.92 Å². The predicted octanol–water partition coefficient (Wildman–Crippen LogP) is 4.65. The zero-order chi connectivity index (χ0) is 13.9. The zero-order valence-corrected chi connectivity index (χ0v) is 11.3. The van der Waals surface area contributed by atoms with Crippen molar-refractivity contribution in [1.82, 2.24) is 0 Å². The Morgan fingerprint density at radius 2 is 2.11 bits per heavy atom. The lowest BCUT2D eigenvalue weighted by Crippen LogP contribution is -2.27. The Hall–Kier alpha value is -1.25. The molecule has 0 spiro atoms. The summed E-state index contributed by atoms with van der Waals surface area (Å²) in [6.45, 7) is 2.00. The van der Waals surface area contributed by atoms with Crippen LogP contribution in [0.15, 0.2) is 24.3 Å². The topological polar surface area (TPSA) is 17.1 Å². The van der Waals surface area contributed by atoms with Crippen molar-refractivity contribution in [3.63, 3.8) is 0 Å². The molecule has 1 aliphatic carbocycles. The number of carbonyl (C=O) groups is 1. The Morgan fingerprint density at radius 3 is 2.79 bits per heavy atom. The fourth-order valence-corrected chi connectivity index (χ4v) is 2.92. The minimum atomic E-state index is -2.58. The molecule has 19 heavy (non-hydrogen) atoms. The Morgan fingerprint density at radius 1 is 1.37 bits per heavy atom. The molecule has 0 aliphatic heterocycles. The number of hydrogen-bond donors (Lipinski definition) is 0. The molecule has 0 N–H and O–H groups in total. The molecule has 1 aliphatic rings. The monoisotopic (exact) mass is 266 g/mol. The summed E-state index contributed by atoms with van der Waals surface area (Å²) in [6.07, 6.45) is 2.17. The lowest BCUT2D eigenvalue weighted by Gasteiger charge is -2.28. The van der Waals surface area contributed by atoms with Crippen molar-refractivity contribution in [2.24, 2.45) is 5.92 Å². The summed E-state index contributed by atoms with van der Waals surface area (Å²) < 4.78 is 26.7. The number of Topliss-reactive ketones (excluding diaryl/α,β-unsaturated/α-hetero) is 1. The standard InChI is InChI=1S/C16H20F2O/c1-2-13-7-3-4-8-14(13)15(19)10-12-6-5-9-16(17,18)11-12/h3-4,7-8,12H,2,5-6,9-11H2,1H3. The van der Waals surface area contributed by atoms with Gasteiger partial charge in [0.15, 0.2) is 5.78 Å². The van der Waals surface area contributed by atoms with Crippen LogP contribution in [0, 0.1) is 5.92 Å². The van der Waals surface area contributed by atoms with Crippen LogP contribution in [0.1, 0.15) is 54.9 Å². The quantitative estimate of drug-likeness (QED) is 0.725. The van der Waals surface area contributed by atoms with E-state index in [9.17, 15) is 13.6 Å². The molecule has 0 radical (unpaired) electrons. The zero-order valence-electron chi connectivity index (χ0n) is 11.3. The second kappa shape index (κ2) is 5.81. The van der Waals surface area contributed by atoms with E-state index in [1.807, 2.05) is 31.2 Å². The van der Waals surface area contributed by atoms with E-state index in [2.05, 4.69) is 0 Å². The van der Waals surface area contributed by atoms with Gasteiger partial charge in [0.05, 0.1) is 0 Å². The maximum atomic E-state index is 13.3. The van der Waals surface area contributed by atoms with Gasteiger partial charge in [-0.25, -0.2) is 8.78 Å². The largest absolute Gasteiger partial charge is 0.294 e. The van der Waals surface area contributed by atoms with Crippen molar-refractivity contribution < 1.29 is 13.6 Å². The highest BCUT2D eigenvalue weighted by atomic mass is 19.3. The van der Waals surface area contributed by atoms with Crippen LogP contribution in [0.25, 0.3) is 0 Å². The molecule has 3 heteroatoms. The van der Waals surface area contributed by atoms with E-state index >= 15 is 0 Å². The summed E-state index contributed by atoms with van der Waals surface area (Å²) in [5.41, 5.74) is 1.72. The van der Waals surface area contributed by atoms with E-state index in [4.69, 9.17) is 0 Å². The molecule has 1 saturated carbocycles. The maximum Gasteiger partial charge on any atom is 0.248 e. The molecule has 2 rings (SSSR count). The van der Waals surface area contributed by atoms with Gasteiger partial charge in [0.1, 0.15) is 0 Å². The molecular formula is C16H20F2O. The lowest BCUT2D eigenvalue weighted by molar-refractivity contribution is -0.0521. The van der Waals surface area contributed by atoms with Crippen LogP contribution >= 0.6 is 0 Å². The highest BCUT2D eigenvalue weighted by Gasteiger charge is 2.36. The smallest absolute Gasteiger partial charge is 0.248 e. The fraction of sp³-hybridized carbons (Fsp3) is 0.562. The van der Waals surface area contributed by atoms with Gasteiger partial charge in [-0.1, -0.05) is 31.2 Å². The molecule has 1 atom stereocenters. The Balaban J connectivity index is 2.05. The first-order valence-electron chi connectivity index (χ1n) is 7.01. The van der Waals surface area contributed by atoms with Crippen LogP contribution in [0.4, 0.5) is 8.78 Å². The summed E-state index contributed by atoms with van der Waals surface area (Å²) in [5, 5.41) is 0. The van der Waals surface area contributed by atoms with Crippen molar-refractivity contribution in [2.75, 3.05) is 0 Å². The van der Waals surface area contributed by atoms with Gasteiger partial charge in [-0.2, -0.15) is 0 Å². The van der Waals surface area contributed by atoms with Crippen LogP contribution in [0.2, 0.25) is 0 Å². The Bertz CT molecular complexity index is 454. The summed E-state index contributed by atoms with van der Waals surface area (Å²) in [4.78, 5) is 12.3. The van der Waals surface area contributed by atoms with Gasteiger partial charge in [-0.15, -0.1) is 0 Å². The van der Waals surface area contributed by atoms with Crippen LogP contribution in [-0.2, 0) is 6.42 Å². The summed E-state index contributed by atoms with van der Waals surface area (Å²) in [6, 6.07) is 7.48. The minimum Gasteiger partial charge on any atom is -0.294 e. The third kappa shape index (κ3) is 3.62. The minimum absolute atomic E-state index is 0.0140. The molecule has 0 heterocycles. The molecule has 1 aromatic carbocycles. The normalized spacial score (nSPS) is 22.2. The van der Waals surface area contributed by atoms with Crippen molar-refractivity contribution in [3.05, 3.63) is 35.4 Å². The van der Waals surface area contributed by atoms with Gasteiger partial charge >= 0.3 is 0 Å². The van der Waals surface area contributed by atoms with Crippen molar-refractivity contribution in [3.8, 4) is 0 Å². The predicted molar refractivity (Wildman–Crippen MR) is 71.7 cm³/mol. The van der Waals surface area contributed by atoms with Gasteiger partial charge in [-0.05, 0) is 30.7 Å². The van der Waals surface area contributed by atoms with E-state index in [1.54, 1.807) is 0 Å². The highest BCUT2D eigenvalue weighted by molar-refractivity contribution is 5.97. The molecule has 1 fully saturated rings. The van der Waals surface area contributed by atoms with Gasteiger partial charge in [0, 0.05) is 24.8 Å². The van der Waals surface area contributed by atoms with Crippen molar-refractivity contribution >= 4 is 5.78 Å². The average Bonchev–Trinajstić information content (AvgIpc) is 2.37. The number of aryl methyl sites for hydroxylation is 1. The third-order valence-electron chi connectivity index (χ3n) is 3.91. The number of alkyl halides is 2. The number of ketones is 1. The van der Waals surface area contributed by atoms with Crippen LogP contribution in [-0.4, -0.2) is 11.7 Å². The van der Waals surface area contributed by atoms with Crippen LogP contribution in [0.3, 0.4) is 0 Å². The number of rotatable bonds is 4. The van der Waals surface area contributed by atoms with E-state index < -0.39 is 5.92 Å². The number of halogens is 2. The van der Waals surface area contributed by atoms with Crippen LogP contribution < -0.4 is 0 Å². The first-order valence-corrected chi connectivity index (χ1v) is 7.01. The Kier molecular flexibility index (Phi) is 4.33. The lowest BCUT2D eigenvalue weighted by atomic mass is 9.82. The number of hydrogen-bond acceptors (Lipinski definition) is 1. The second-order valence-corrected chi connectivity index (χ2v) is 5.46. The van der Waals surface area contributed by atoms with E-state index in [0.717, 1.165) is 18.4 Å². The van der Waals surface area contributed by atoms with Gasteiger partial charge < -0.3 is 0 Å². The second-order valence-electron chi connectivity index (χ2n) is 5.46. The summed E-state index contributed by atoms with van der Waals surface area (Å²) in [7, 11) is 0. The molecule has 104 valence electrons. The SMILES string of the molecule is CCc1ccccc1C(=O)CC1CCCC(F)(F)C1. The van der Waals surface area contributed by atoms with Gasteiger partial charge in [-0.3, -0.25) is 4.79 Å². The molecule has 1 aromatic rings. The molecule has 1 unspecified atom stereocenters. The molecule has 0 bridgehead atoms. The third-order valence-corrected chi connectivity index (χ3v) is 3.91. The molecule has 0 saturated heterocycles. The number of carbonyl (C=O) groups excluding carboxylic acids is 1. The summed E-state index contributed by atoms with van der Waals surface area (Å²) in [5.74, 6) is -2.73. The van der Waals surface area contributed by atoms with E-state index in [1.165, 1.54) is 0 Å². The van der Waals surface area contributed by atoms with Crippen molar-refractivity contribution in [2.45, 2.75) is 51.4 Å². The number of benzene rings is 1. The molecule has 0 amide bonds. The summed E-state index contributed by atoms with van der Waals surface area (Å²) >= 11 is 0. The van der Waals surface area contributed by atoms with Crippen molar-refractivity contribution in [1.29, 1.82) is 0 Å². The van der Waals surface area contributed by atoms with E-state index in [-0.39, 0.29) is 31.0 Å². The van der Waals surface area contributed by atoms with Gasteiger partial charge in [0.25, 0.3) is 0 Å². The fourth-order valence-electron chi connectivity index (χ4n) is 2.92.